The smallest absolute Gasteiger partial charge is 0.00659 e. The fourth-order valence-electron chi connectivity index (χ4n) is 0.809. The van der Waals surface area contributed by atoms with Crippen LogP contribution in [0.2, 0.25) is 0 Å². The largest absolute Gasteiger partial charge is 0.152 e. The topological polar surface area (TPSA) is 0 Å². The van der Waals surface area contributed by atoms with Crippen molar-refractivity contribution in [3.05, 3.63) is 34.5 Å². The molecule has 0 atom stereocenters. The third kappa shape index (κ3) is 3.73. The molecule has 0 saturated carbocycles. The average molecular weight is 231 g/mol. The third-order valence-electron chi connectivity index (χ3n) is 1.38. The number of hydrogen-bond acceptors (Lipinski definition) is 1. The first-order valence-electron chi connectivity index (χ1n) is 3.65. The summed E-state index contributed by atoms with van der Waals surface area (Å²) < 4.78 is 0. The molecule has 1 aromatic rings. The number of thiophene rings is 1. The lowest BCUT2D eigenvalue weighted by Gasteiger charge is -1.86. The van der Waals surface area contributed by atoms with Gasteiger partial charge >= 0.3 is 0 Å². The second-order valence-electron chi connectivity index (χ2n) is 2.28. The minimum absolute atomic E-state index is 1.06. The molecule has 0 nitrogen and oxygen atoms in total. The summed E-state index contributed by atoms with van der Waals surface area (Å²) in [6.07, 6.45) is 6.65. The van der Waals surface area contributed by atoms with Crippen LogP contribution in [-0.2, 0) is 6.42 Å². The second-order valence-corrected chi connectivity index (χ2v) is 3.86. The van der Waals surface area contributed by atoms with Gasteiger partial charge in [0.2, 0.25) is 0 Å². The van der Waals surface area contributed by atoms with Gasteiger partial charge in [0.1, 0.15) is 0 Å². The highest BCUT2D eigenvalue weighted by atomic mass is 79.9. The Kier molecular flexibility index (Phi) is 4.55. The molecular formula is C9H11BrS. The van der Waals surface area contributed by atoms with E-state index >= 15 is 0 Å². The number of rotatable bonds is 4. The highest BCUT2D eigenvalue weighted by Crippen LogP contribution is 2.07. The van der Waals surface area contributed by atoms with E-state index in [4.69, 9.17) is 0 Å². The van der Waals surface area contributed by atoms with Gasteiger partial charge in [-0.25, -0.2) is 0 Å². The molecule has 0 aliphatic rings. The monoisotopic (exact) mass is 230 g/mol. The number of alkyl halides is 1. The van der Waals surface area contributed by atoms with Gasteiger partial charge < -0.3 is 0 Å². The third-order valence-corrected chi connectivity index (χ3v) is 2.57. The molecular weight excluding hydrogens is 220 g/mol. The first kappa shape index (κ1) is 9.01. The van der Waals surface area contributed by atoms with Crippen LogP contribution in [0.4, 0.5) is 0 Å². The molecule has 0 aromatic carbocycles. The fourth-order valence-corrected chi connectivity index (χ4v) is 1.75. The molecule has 0 unspecified atom stereocenters. The van der Waals surface area contributed by atoms with Crippen LogP contribution in [0.25, 0.3) is 0 Å². The summed E-state index contributed by atoms with van der Waals surface area (Å²) in [5.41, 5.74) is 1.42. The van der Waals surface area contributed by atoms with Gasteiger partial charge in [0.25, 0.3) is 0 Å². The molecule has 0 fully saturated rings. The molecule has 0 saturated heterocycles. The summed E-state index contributed by atoms with van der Waals surface area (Å²) in [6.45, 7) is 0. The minimum Gasteiger partial charge on any atom is -0.152 e. The summed E-state index contributed by atoms with van der Waals surface area (Å²) in [7, 11) is 0. The van der Waals surface area contributed by atoms with E-state index in [0.29, 0.717) is 0 Å². The lowest BCUT2D eigenvalue weighted by molar-refractivity contribution is 1.21. The quantitative estimate of drug-likeness (QED) is 0.548. The van der Waals surface area contributed by atoms with Crippen molar-refractivity contribution >= 4 is 27.3 Å². The van der Waals surface area contributed by atoms with Crippen LogP contribution in [0, 0.1) is 0 Å². The van der Waals surface area contributed by atoms with E-state index in [9.17, 15) is 0 Å². The Morgan fingerprint density at radius 1 is 1.45 bits per heavy atom. The lowest BCUT2D eigenvalue weighted by Crippen LogP contribution is -1.73. The maximum atomic E-state index is 3.38. The van der Waals surface area contributed by atoms with Crippen molar-refractivity contribution < 1.29 is 0 Å². The fraction of sp³-hybridized carbons (Fsp3) is 0.333. The van der Waals surface area contributed by atoms with Crippen molar-refractivity contribution in [2.75, 3.05) is 5.33 Å². The predicted molar refractivity (Wildman–Crippen MR) is 55.6 cm³/mol. The Balaban J connectivity index is 2.23. The summed E-state index contributed by atoms with van der Waals surface area (Å²) in [5, 5.41) is 5.37. The van der Waals surface area contributed by atoms with E-state index in [-0.39, 0.29) is 0 Å². The average Bonchev–Trinajstić information content (AvgIpc) is 2.50. The molecule has 0 radical (unpaired) electrons. The standard InChI is InChI=1S/C9H11BrS/c10-6-3-1-2-4-9-5-7-11-8-9/h1-2,5,7-8H,3-4,6H2. The lowest BCUT2D eigenvalue weighted by atomic mass is 10.2. The maximum absolute atomic E-state index is 3.38. The number of halogens is 1. The van der Waals surface area contributed by atoms with Gasteiger partial charge in [-0.15, -0.1) is 0 Å². The van der Waals surface area contributed by atoms with E-state index in [0.717, 1.165) is 18.2 Å². The van der Waals surface area contributed by atoms with Crippen molar-refractivity contribution in [3.8, 4) is 0 Å². The Labute approximate surface area is 80.1 Å². The summed E-state index contributed by atoms with van der Waals surface area (Å²) in [6, 6.07) is 2.17. The van der Waals surface area contributed by atoms with Crippen molar-refractivity contribution in [2.45, 2.75) is 12.8 Å². The second kappa shape index (κ2) is 5.56. The summed E-state index contributed by atoms with van der Waals surface area (Å²) >= 11 is 5.14. The molecule has 1 aromatic heterocycles. The molecule has 0 bridgehead atoms. The molecule has 11 heavy (non-hydrogen) atoms. The van der Waals surface area contributed by atoms with Crippen LogP contribution in [0.5, 0.6) is 0 Å². The first-order chi connectivity index (χ1) is 5.43. The minimum atomic E-state index is 1.06. The molecule has 0 aliphatic heterocycles. The van der Waals surface area contributed by atoms with Crippen LogP contribution in [0.1, 0.15) is 12.0 Å². The van der Waals surface area contributed by atoms with Gasteiger partial charge in [0.05, 0.1) is 0 Å². The zero-order chi connectivity index (χ0) is 7.94. The van der Waals surface area contributed by atoms with Crippen molar-refractivity contribution in [1.82, 2.24) is 0 Å². The SMILES string of the molecule is BrCCC=CCc1ccsc1. The Morgan fingerprint density at radius 3 is 3.00 bits per heavy atom. The zero-order valence-electron chi connectivity index (χ0n) is 6.29. The zero-order valence-corrected chi connectivity index (χ0v) is 8.70. The van der Waals surface area contributed by atoms with Crippen molar-refractivity contribution in [3.63, 3.8) is 0 Å². The van der Waals surface area contributed by atoms with Gasteiger partial charge in [-0.3, -0.25) is 0 Å². The van der Waals surface area contributed by atoms with E-state index < -0.39 is 0 Å². The Bertz CT molecular complexity index is 201. The summed E-state index contributed by atoms with van der Waals surface area (Å²) in [5.74, 6) is 0. The normalized spacial score (nSPS) is 11.0. The van der Waals surface area contributed by atoms with Crippen LogP contribution in [0.15, 0.2) is 29.0 Å². The number of allylic oxidation sites excluding steroid dienone is 2. The van der Waals surface area contributed by atoms with Crippen LogP contribution in [0.3, 0.4) is 0 Å². The van der Waals surface area contributed by atoms with E-state index in [2.05, 4.69) is 44.9 Å². The highest BCUT2D eigenvalue weighted by molar-refractivity contribution is 9.09. The molecule has 2 heteroatoms. The Hall–Kier alpha value is -0.0800. The molecule has 0 N–H and O–H groups in total. The van der Waals surface area contributed by atoms with E-state index in [1.54, 1.807) is 11.3 Å². The predicted octanol–water partition coefficient (Wildman–Crippen LogP) is 3.63. The van der Waals surface area contributed by atoms with Gasteiger partial charge in [0, 0.05) is 5.33 Å². The molecule has 0 amide bonds. The molecule has 0 spiro atoms. The van der Waals surface area contributed by atoms with E-state index in [1.165, 1.54) is 5.56 Å². The first-order valence-corrected chi connectivity index (χ1v) is 5.72. The molecule has 0 aliphatic carbocycles. The number of hydrogen-bond donors (Lipinski definition) is 0. The molecule has 1 heterocycles. The Morgan fingerprint density at radius 2 is 2.36 bits per heavy atom. The summed E-state index contributed by atoms with van der Waals surface area (Å²) in [4.78, 5) is 0. The van der Waals surface area contributed by atoms with Gasteiger partial charge in [-0.1, -0.05) is 28.1 Å². The van der Waals surface area contributed by atoms with Crippen LogP contribution >= 0.6 is 27.3 Å². The van der Waals surface area contributed by atoms with Gasteiger partial charge in [0.15, 0.2) is 0 Å². The van der Waals surface area contributed by atoms with Gasteiger partial charge in [-0.2, -0.15) is 11.3 Å². The van der Waals surface area contributed by atoms with E-state index in [1.807, 2.05) is 0 Å². The van der Waals surface area contributed by atoms with Crippen LogP contribution in [-0.4, -0.2) is 5.33 Å². The highest BCUT2D eigenvalue weighted by Gasteiger charge is 1.86. The van der Waals surface area contributed by atoms with Crippen LogP contribution < -0.4 is 0 Å². The molecule has 1 rings (SSSR count). The maximum Gasteiger partial charge on any atom is 0.00659 e. The van der Waals surface area contributed by atoms with Gasteiger partial charge in [-0.05, 0) is 35.2 Å². The van der Waals surface area contributed by atoms with Crippen molar-refractivity contribution in [1.29, 1.82) is 0 Å². The molecule has 60 valence electrons. The van der Waals surface area contributed by atoms with Crippen molar-refractivity contribution in [2.24, 2.45) is 0 Å².